The Hall–Kier alpha value is -2.09. The highest BCUT2D eigenvalue weighted by molar-refractivity contribution is 5.84. The van der Waals surface area contributed by atoms with Gasteiger partial charge in [0.2, 0.25) is 0 Å². The maximum atomic E-state index is 12.0. The number of nitrogens with one attached hydrogen (secondary N) is 2. The Labute approximate surface area is 115 Å². The van der Waals surface area contributed by atoms with Crippen LogP contribution >= 0.6 is 0 Å². The summed E-state index contributed by atoms with van der Waals surface area (Å²) in [5, 5.41) is 3.30. The highest BCUT2D eigenvalue weighted by atomic mass is 16.5. The highest BCUT2D eigenvalue weighted by Gasteiger charge is 2.20. The number of imidazole rings is 1. The molecule has 2 aromatic rings. The zero-order chi connectivity index (χ0) is 14.1. The normalized spacial score (nSPS) is 15.8. The Morgan fingerprint density at radius 3 is 2.70 bits per heavy atom. The van der Waals surface area contributed by atoms with Crippen LogP contribution in [0.25, 0.3) is 11.2 Å². The van der Waals surface area contributed by atoms with E-state index in [1.54, 1.807) is 4.57 Å². The van der Waals surface area contributed by atoms with Crippen LogP contribution in [0.15, 0.2) is 4.79 Å². The van der Waals surface area contributed by atoms with Crippen LogP contribution in [0.2, 0.25) is 0 Å². The molecule has 1 fully saturated rings. The molecule has 2 aromatic heterocycles. The molecule has 2 N–H and O–H groups in total. The first kappa shape index (κ1) is 12.9. The van der Waals surface area contributed by atoms with Crippen molar-refractivity contribution < 1.29 is 4.74 Å². The van der Waals surface area contributed by atoms with Gasteiger partial charge in [-0.15, -0.1) is 0 Å². The number of aryl methyl sites for hydroxylation is 1. The number of anilines is 1. The predicted octanol–water partition coefficient (Wildman–Crippen LogP) is -0.442. The number of methoxy groups -OCH3 is 1. The SMILES string of the molecule is CCn1c(=O)[nH]c2c(N3CCNCC3)nc(OC)nc21. The summed E-state index contributed by atoms with van der Waals surface area (Å²) in [5.41, 5.74) is 1.11. The second-order valence-electron chi connectivity index (χ2n) is 4.64. The zero-order valence-corrected chi connectivity index (χ0v) is 11.6. The second-order valence-corrected chi connectivity index (χ2v) is 4.64. The van der Waals surface area contributed by atoms with Crippen molar-refractivity contribution in [3.05, 3.63) is 10.5 Å². The van der Waals surface area contributed by atoms with Crippen molar-refractivity contribution in [2.24, 2.45) is 0 Å². The molecule has 108 valence electrons. The van der Waals surface area contributed by atoms with Crippen molar-refractivity contribution in [1.29, 1.82) is 0 Å². The van der Waals surface area contributed by atoms with Gasteiger partial charge in [0, 0.05) is 32.7 Å². The summed E-state index contributed by atoms with van der Waals surface area (Å²) < 4.78 is 6.76. The van der Waals surface area contributed by atoms with Gasteiger partial charge >= 0.3 is 11.7 Å². The highest BCUT2D eigenvalue weighted by Crippen LogP contribution is 2.24. The van der Waals surface area contributed by atoms with Crippen LogP contribution in [-0.2, 0) is 6.54 Å². The van der Waals surface area contributed by atoms with E-state index in [-0.39, 0.29) is 11.7 Å². The lowest BCUT2D eigenvalue weighted by molar-refractivity contribution is 0.380. The molecular weight excluding hydrogens is 260 g/mol. The van der Waals surface area contributed by atoms with E-state index >= 15 is 0 Å². The number of H-pyrrole nitrogens is 1. The fourth-order valence-electron chi connectivity index (χ4n) is 2.49. The quantitative estimate of drug-likeness (QED) is 0.791. The largest absolute Gasteiger partial charge is 0.467 e. The minimum absolute atomic E-state index is 0.165. The summed E-state index contributed by atoms with van der Waals surface area (Å²) in [7, 11) is 1.53. The maximum absolute atomic E-state index is 12.0. The van der Waals surface area contributed by atoms with Gasteiger partial charge in [0.25, 0.3) is 0 Å². The third-order valence-corrected chi connectivity index (χ3v) is 3.50. The number of aromatic nitrogens is 4. The van der Waals surface area contributed by atoms with Crippen LogP contribution in [0.4, 0.5) is 5.82 Å². The summed E-state index contributed by atoms with van der Waals surface area (Å²) in [4.78, 5) is 25.7. The van der Waals surface area contributed by atoms with Crippen LogP contribution < -0.4 is 20.6 Å². The Kier molecular flexibility index (Phi) is 3.31. The van der Waals surface area contributed by atoms with E-state index in [1.165, 1.54) is 7.11 Å². The van der Waals surface area contributed by atoms with Crippen LogP contribution in [-0.4, -0.2) is 52.8 Å². The fraction of sp³-hybridized carbons (Fsp3) is 0.583. The van der Waals surface area contributed by atoms with Crippen molar-refractivity contribution in [2.45, 2.75) is 13.5 Å². The summed E-state index contributed by atoms with van der Waals surface area (Å²) in [6.07, 6.45) is 0. The lowest BCUT2D eigenvalue weighted by atomic mass is 10.3. The Morgan fingerprint density at radius 1 is 1.30 bits per heavy atom. The van der Waals surface area contributed by atoms with E-state index in [0.717, 1.165) is 32.0 Å². The average Bonchev–Trinajstić information content (AvgIpc) is 2.82. The minimum Gasteiger partial charge on any atom is -0.467 e. The summed E-state index contributed by atoms with van der Waals surface area (Å²) in [6, 6.07) is 0.284. The van der Waals surface area contributed by atoms with Crippen molar-refractivity contribution >= 4 is 17.0 Å². The van der Waals surface area contributed by atoms with Crippen molar-refractivity contribution in [2.75, 3.05) is 38.2 Å². The Bertz CT molecular complexity index is 670. The summed E-state index contributed by atoms with van der Waals surface area (Å²) >= 11 is 0. The van der Waals surface area contributed by atoms with Crippen molar-refractivity contribution in [3.8, 4) is 6.01 Å². The molecule has 0 saturated carbocycles. The van der Waals surface area contributed by atoms with Crippen LogP contribution in [0.3, 0.4) is 0 Å². The molecule has 0 atom stereocenters. The number of ether oxygens (including phenoxy) is 1. The van der Waals surface area contributed by atoms with Crippen LogP contribution in [0.1, 0.15) is 6.92 Å². The number of rotatable bonds is 3. The Balaban J connectivity index is 2.21. The maximum Gasteiger partial charge on any atom is 0.327 e. The van der Waals surface area contributed by atoms with E-state index in [2.05, 4.69) is 25.2 Å². The monoisotopic (exact) mass is 278 g/mol. The third kappa shape index (κ3) is 2.01. The zero-order valence-electron chi connectivity index (χ0n) is 11.6. The van der Waals surface area contributed by atoms with Gasteiger partial charge in [0.05, 0.1) is 7.11 Å². The number of nitrogens with zero attached hydrogens (tertiary/aromatic N) is 4. The van der Waals surface area contributed by atoms with Crippen molar-refractivity contribution in [3.63, 3.8) is 0 Å². The molecule has 1 aliphatic rings. The molecule has 1 saturated heterocycles. The molecule has 0 unspecified atom stereocenters. The average molecular weight is 278 g/mol. The van der Waals surface area contributed by atoms with E-state index in [1.807, 2.05) is 6.92 Å². The third-order valence-electron chi connectivity index (χ3n) is 3.50. The van der Waals surface area contributed by atoms with Gasteiger partial charge in [-0.2, -0.15) is 9.97 Å². The van der Waals surface area contributed by atoms with Gasteiger partial charge in [-0.25, -0.2) is 4.79 Å². The number of hydrogen-bond donors (Lipinski definition) is 2. The van der Waals surface area contributed by atoms with E-state index < -0.39 is 0 Å². The van der Waals surface area contributed by atoms with Gasteiger partial charge in [-0.3, -0.25) is 4.57 Å². The van der Waals surface area contributed by atoms with Crippen LogP contribution in [0, 0.1) is 0 Å². The molecule has 0 spiro atoms. The molecule has 0 amide bonds. The summed E-state index contributed by atoms with van der Waals surface area (Å²) in [6.45, 7) is 5.94. The molecule has 0 radical (unpaired) electrons. The molecule has 8 heteroatoms. The molecule has 1 aliphatic heterocycles. The second kappa shape index (κ2) is 5.12. The first-order valence-corrected chi connectivity index (χ1v) is 6.74. The van der Waals surface area contributed by atoms with E-state index in [0.29, 0.717) is 17.7 Å². The molecule has 3 rings (SSSR count). The first-order valence-electron chi connectivity index (χ1n) is 6.74. The number of piperazine rings is 1. The number of hydrogen-bond acceptors (Lipinski definition) is 6. The molecule has 3 heterocycles. The molecule has 0 aliphatic carbocycles. The van der Waals surface area contributed by atoms with Crippen molar-refractivity contribution in [1.82, 2.24) is 24.8 Å². The van der Waals surface area contributed by atoms with E-state index in [9.17, 15) is 4.79 Å². The van der Waals surface area contributed by atoms with Gasteiger partial charge < -0.3 is 19.9 Å². The van der Waals surface area contributed by atoms with Gasteiger partial charge in [-0.1, -0.05) is 0 Å². The molecule has 0 bridgehead atoms. The topological polar surface area (TPSA) is 88.1 Å². The molecular formula is C12H18N6O2. The Morgan fingerprint density at radius 2 is 2.05 bits per heavy atom. The minimum atomic E-state index is -0.165. The first-order chi connectivity index (χ1) is 9.74. The molecule has 20 heavy (non-hydrogen) atoms. The number of fused-ring (bicyclic) bond motifs is 1. The summed E-state index contributed by atoms with van der Waals surface area (Å²) in [5.74, 6) is 0.734. The van der Waals surface area contributed by atoms with E-state index in [4.69, 9.17) is 4.74 Å². The van der Waals surface area contributed by atoms with Gasteiger partial charge in [0.1, 0.15) is 5.52 Å². The molecule has 8 nitrogen and oxygen atoms in total. The van der Waals surface area contributed by atoms with Crippen LogP contribution in [0.5, 0.6) is 6.01 Å². The van der Waals surface area contributed by atoms with Gasteiger partial charge in [-0.05, 0) is 6.92 Å². The lowest BCUT2D eigenvalue weighted by Crippen LogP contribution is -2.44. The standard InChI is InChI=1S/C12H18N6O2/c1-3-18-10-8(14-12(18)19)9(15-11(16-10)20-2)17-6-4-13-5-7-17/h13H,3-7H2,1-2H3,(H,14,19). The lowest BCUT2D eigenvalue weighted by Gasteiger charge is -2.28. The molecule has 0 aromatic carbocycles. The predicted molar refractivity (Wildman–Crippen MR) is 75.5 cm³/mol. The fourth-order valence-corrected chi connectivity index (χ4v) is 2.49. The van der Waals surface area contributed by atoms with Gasteiger partial charge in [0.15, 0.2) is 11.5 Å². The number of aromatic amines is 1. The smallest absolute Gasteiger partial charge is 0.327 e.